The predicted molar refractivity (Wildman–Crippen MR) is 105 cm³/mol. The van der Waals surface area contributed by atoms with E-state index in [4.69, 9.17) is 9.47 Å². The Kier molecular flexibility index (Phi) is 6.58. The first-order valence-electron chi connectivity index (χ1n) is 9.50. The van der Waals surface area contributed by atoms with Crippen molar-refractivity contribution in [3.8, 4) is 11.1 Å². The molecule has 0 saturated carbocycles. The summed E-state index contributed by atoms with van der Waals surface area (Å²) in [6, 6.07) is 12.3. The number of aromatic nitrogens is 1. The van der Waals surface area contributed by atoms with E-state index in [1.807, 2.05) is 31.3 Å². The molecule has 0 bridgehead atoms. The number of hydrogen-bond donors (Lipinski definition) is 1. The first-order chi connectivity index (χ1) is 13.1. The van der Waals surface area contributed by atoms with Gasteiger partial charge in [-0.05, 0) is 43.4 Å². The monoisotopic (exact) mass is 368 g/mol. The standard InChI is InChI=1S/C22H28N2O3/c1-17(16-26-2)24-21(25)22(9-12-27-13-10-22)14-18-6-3-4-8-20(18)19-7-5-11-23-15-19/h3-8,11,15,17H,9-10,12-14,16H2,1-2H3,(H,24,25)/t17-/m0/s1. The topological polar surface area (TPSA) is 60.5 Å². The van der Waals surface area contributed by atoms with Gasteiger partial charge in [0.1, 0.15) is 0 Å². The number of hydrogen-bond acceptors (Lipinski definition) is 4. The molecule has 5 nitrogen and oxygen atoms in total. The molecule has 0 spiro atoms. The quantitative estimate of drug-likeness (QED) is 0.815. The van der Waals surface area contributed by atoms with Crippen LogP contribution >= 0.6 is 0 Å². The molecule has 2 aromatic rings. The summed E-state index contributed by atoms with van der Waals surface area (Å²) in [6.45, 7) is 3.70. The van der Waals surface area contributed by atoms with Crippen molar-refractivity contribution in [3.05, 3.63) is 54.4 Å². The first-order valence-corrected chi connectivity index (χ1v) is 9.50. The Morgan fingerprint density at radius 2 is 2.04 bits per heavy atom. The van der Waals surface area contributed by atoms with E-state index in [0.29, 0.717) is 26.2 Å². The van der Waals surface area contributed by atoms with Crippen LogP contribution in [0, 0.1) is 5.41 Å². The van der Waals surface area contributed by atoms with Crippen LogP contribution in [0.25, 0.3) is 11.1 Å². The van der Waals surface area contributed by atoms with Crippen LogP contribution in [-0.4, -0.2) is 43.9 Å². The molecule has 1 atom stereocenters. The number of amides is 1. The Morgan fingerprint density at radius 3 is 2.74 bits per heavy atom. The summed E-state index contributed by atoms with van der Waals surface area (Å²) in [6.07, 6.45) is 5.78. The highest BCUT2D eigenvalue weighted by Gasteiger charge is 2.41. The van der Waals surface area contributed by atoms with Crippen molar-refractivity contribution in [3.63, 3.8) is 0 Å². The minimum atomic E-state index is -0.460. The van der Waals surface area contributed by atoms with Crippen molar-refractivity contribution in [2.45, 2.75) is 32.2 Å². The summed E-state index contributed by atoms with van der Waals surface area (Å²) in [4.78, 5) is 17.5. The Morgan fingerprint density at radius 1 is 1.26 bits per heavy atom. The van der Waals surface area contributed by atoms with Gasteiger partial charge >= 0.3 is 0 Å². The average molecular weight is 368 g/mol. The van der Waals surface area contributed by atoms with E-state index in [2.05, 4.69) is 28.5 Å². The van der Waals surface area contributed by atoms with E-state index < -0.39 is 5.41 Å². The van der Waals surface area contributed by atoms with E-state index >= 15 is 0 Å². The number of methoxy groups -OCH3 is 1. The van der Waals surface area contributed by atoms with E-state index in [1.54, 1.807) is 13.3 Å². The van der Waals surface area contributed by atoms with Crippen LogP contribution in [0.2, 0.25) is 0 Å². The summed E-state index contributed by atoms with van der Waals surface area (Å²) >= 11 is 0. The smallest absolute Gasteiger partial charge is 0.227 e. The molecule has 1 saturated heterocycles. The van der Waals surface area contributed by atoms with Gasteiger partial charge in [-0.2, -0.15) is 0 Å². The molecule has 5 heteroatoms. The molecule has 27 heavy (non-hydrogen) atoms. The number of carbonyl (C=O) groups is 1. The van der Waals surface area contributed by atoms with Crippen LogP contribution < -0.4 is 5.32 Å². The minimum absolute atomic E-state index is 0.0178. The van der Waals surface area contributed by atoms with Crippen molar-refractivity contribution in [2.75, 3.05) is 26.9 Å². The average Bonchev–Trinajstić information content (AvgIpc) is 2.70. The van der Waals surface area contributed by atoms with Gasteiger partial charge < -0.3 is 14.8 Å². The second kappa shape index (κ2) is 9.11. The second-order valence-corrected chi connectivity index (χ2v) is 7.30. The number of nitrogens with zero attached hydrogens (tertiary/aromatic N) is 1. The lowest BCUT2D eigenvalue weighted by atomic mass is 9.73. The molecule has 1 N–H and O–H groups in total. The number of benzene rings is 1. The van der Waals surface area contributed by atoms with E-state index in [-0.39, 0.29) is 11.9 Å². The van der Waals surface area contributed by atoms with Gasteiger partial charge in [-0.25, -0.2) is 0 Å². The zero-order valence-corrected chi connectivity index (χ0v) is 16.1. The number of rotatable bonds is 7. The van der Waals surface area contributed by atoms with Gasteiger partial charge in [0.25, 0.3) is 0 Å². The normalized spacial score (nSPS) is 17.3. The molecule has 3 rings (SSSR count). The third-order valence-corrected chi connectivity index (χ3v) is 5.24. The van der Waals surface area contributed by atoms with Gasteiger partial charge in [0.05, 0.1) is 12.0 Å². The third-order valence-electron chi connectivity index (χ3n) is 5.24. The fourth-order valence-corrected chi connectivity index (χ4v) is 3.76. The fraction of sp³-hybridized carbons (Fsp3) is 0.455. The third kappa shape index (κ3) is 4.73. The first kappa shape index (κ1) is 19.5. The van der Waals surface area contributed by atoms with Gasteiger partial charge in [-0.15, -0.1) is 0 Å². The van der Waals surface area contributed by atoms with Gasteiger partial charge in [0.15, 0.2) is 0 Å². The van der Waals surface area contributed by atoms with Crippen LogP contribution in [0.3, 0.4) is 0 Å². The van der Waals surface area contributed by atoms with Crippen molar-refractivity contribution in [1.29, 1.82) is 0 Å². The Bertz CT molecular complexity index is 742. The summed E-state index contributed by atoms with van der Waals surface area (Å²) < 4.78 is 10.7. The number of ether oxygens (including phenoxy) is 2. The van der Waals surface area contributed by atoms with Crippen molar-refractivity contribution < 1.29 is 14.3 Å². The van der Waals surface area contributed by atoms with Crippen LogP contribution in [-0.2, 0) is 20.7 Å². The number of pyridine rings is 1. The molecule has 0 unspecified atom stereocenters. The zero-order valence-electron chi connectivity index (χ0n) is 16.1. The van der Waals surface area contributed by atoms with Crippen LogP contribution in [0.5, 0.6) is 0 Å². The highest BCUT2D eigenvalue weighted by molar-refractivity contribution is 5.84. The van der Waals surface area contributed by atoms with Crippen molar-refractivity contribution in [1.82, 2.24) is 10.3 Å². The molecule has 0 aliphatic carbocycles. The molecule has 1 aromatic heterocycles. The summed E-state index contributed by atoms with van der Waals surface area (Å²) in [5.41, 5.74) is 2.91. The molecule has 1 fully saturated rings. The van der Waals surface area contributed by atoms with E-state index in [9.17, 15) is 4.79 Å². The SMILES string of the molecule is COC[C@H](C)NC(=O)C1(Cc2ccccc2-c2cccnc2)CCOCC1. The lowest BCUT2D eigenvalue weighted by Crippen LogP contribution is -2.49. The van der Waals surface area contributed by atoms with Crippen molar-refractivity contribution >= 4 is 5.91 Å². The van der Waals surface area contributed by atoms with Crippen LogP contribution in [0.15, 0.2) is 48.8 Å². The molecular formula is C22H28N2O3. The fourth-order valence-electron chi connectivity index (χ4n) is 3.76. The summed E-state index contributed by atoms with van der Waals surface area (Å²) in [5.74, 6) is 0.0938. The van der Waals surface area contributed by atoms with Gasteiger partial charge in [-0.3, -0.25) is 9.78 Å². The molecule has 1 amide bonds. The summed E-state index contributed by atoms with van der Waals surface area (Å²) in [7, 11) is 1.65. The Hall–Kier alpha value is -2.24. The largest absolute Gasteiger partial charge is 0.383 e. The number of carbonyl (C=O) groups excluding carboxylic acids is 1. The highest BCUT2D eigenvalue weighted by Crippen LogP contribution is 2.37. The Balaban J connectivity index is 1.89. The van der Waals surface area contributed by atoms with Crippen molar-refractivity contribution in [2.24, 2.45) is 5.41 Å². The maximum atomic E-state index is 13.2. The highest BCUT2D eigenvalue weighted by atomic mass is 16.5. The predicted octanol–water partition coefficient (Wildman–Crippen LogP) is 3.24. The summed E-state index contributed by atoms with van der Waals surface area (Å²) in [5, 5.41) is 3.14. The maximum absolute atomic E-state index is 13.2. The molecular weight excluding hydrogens is 340 g/mol. The van der Waals surface area contributed by atoms with Crippen LogP contribution in [0.4, 0.5) is 0 Å². The second-order valence-electron chi connectivity index (χ2n) is 7.30. The molecule has 1 aliphatic rings. The van der Waals surface area contributed by atoms with Crippen LogP contribution in [0.1, 0.15) is 25.3 Å². The van der Waals surface area contributed by atoms with Gasteiger partial charge in [0, 0.05) is 44.3 Å². The lowest BCUT2D eigenvalue weighted by Gasteiger charge is -2.37. The molecule has 0 radical (unpaired) electrons. The maximum Gasteiger partial charge on any atom is 0.227 e. The van der Waals surface area contributed by atoms with E-state index in [0.717, 1.165) is 24.0 Å². The van der Waals surface area contributed by atoms with E-state index in [1.165, 1.54) is 5.56 Å². The minimum Gasteiger partial charge on any atom is -0.383 e. The van der Waals surface area contributed by atoms with Gasteiger partial charge in [0.2, 0.25) is 5.91 Å². The Labute approximate surface area is 161 Å². The molecule has 1 aromatic carbocycles. The molecule has 2 heterocycles. The zero-order chi connectivity index (χ0) is 19.1. The number of nitrogens with one attached hydrogen (secondary N) is 1. The molecule has 1 aliphatic heterocycles. The van der Waals surface area contributed by atoms with Gasteiger partial charge in [-0.1, -0.05) is 30.3 Å². The lowest BCUT2D eigenvalue weighted by molar-refractivity contribution is -0.137. The molecule has 144 valence electrons.